The fourth-order valence-corrected chi connectivity index (χ4v) is 6.73. The number of fused-ring (bicyclic) bond motifs is 2. The normalized spacial score (nSPS) is 32.7. The molecule has 4 aliphatic heterocycles. The van der Waals surface area contributed by atoms with Crippen molar-refractivity contribution in [1.29, 1.82) is 0 Å². The van der Waals surface area contributed by atoms with E-state index < -0.39 is 41.7 Å². The monoisotopic (exact) mass is 565 g/mol. The smallest absolute Gasteiger partial charge is 0.313 e. The fraction of sp³-hybridized carbons (Fsp3) is 0.548. The summed E-state index contributed by atoms with van der Waals surface area (Å²) in [4.78, 5) is 57.9. The molecule has 1 aromatic carbocycles. The summed E-state index contributed by atoms with van der Waals surface area (Å²) in [7, 11) is 0. The maximum Gasteiger partial charge on any atom is 0.313 e. The van der Waals surface area contributed by atoms with Crippen LogP contribution in [0.15, 0.2) is 42.5 Å². The molecular formula is C31H39N3O7. The van der Waals surface area contributed by atoms with Crippen LogP contribution >= 0.6 is 0 Å². The van der Waals surface area contributed by atoms with Crippen molar-refractivity contribution in [2.45, 2.75) is 70.3 Å². The number of likely N-dealkylation sites (tertiary alicyclic amines) is 1. The van der Waals surface area contributed by atoms with Gasteiger partial charge in [-0.15, -0.1) is 0 Å². The Morgan fingerprint density at radius 3 is 2.56 bits per heavy atom. The number of amides is 3. The summed E-state index contributed by atoms with van der Waals surface area (Å²) >= 11 is 0. The molecule has 1 aromatic rings. The first-order chi connectivity index (χ1) is 19.7. The number of cyclic esters (lactones) is 1. The van der Waals surface area contributed by atoms with E-state index in [1.54, 1.807) is 35.0 Å². The molecule has 0 radical (unpaired) electrons. The van der Waals surface area contributed by atoms with Crippen LogP contribution in [-0.2, 0) is 28.7 Å². The standard InChI is InChI=1S/C31H39N3O7/c1-19-10-8-11-20(2)26(19)33-16-9-14-31-25(28(37)34(15-6-7-17-35)27(31)29(33)38)24-22(41-31)12-4-5-13-23(36)32-18-21(3)40-30(24)39/h4,8-12,14,21-22,24-25,27,35H,5-7,13,15-18H2,1-3H3,(H,32,36)/b12-4-/t21-,22-,24+,25+,27-,31+/m1/s1. The van der Waals surface area contributed by atoms with E-state index in [0.29, 0.717) is 19.3 Å². The molecule has 4 aliphatic rings. The van der Waals surface area contributed by atoms with Crippen molar-refractivity contribution < 1.29 is 33.8 Å². The SMILES string of the molecule is Cc1cccc(C)c1N1CC=C[C@]23O[C@@H]4/C=C\CCC(=O)NC[C@@H](C)OC(=O)[C@@H]4[C@H]2C(=O)N(CCCCO)[C@@H]3C1=O. The zero-order valence-electron chi connectivity index (χ0n) is 23.9. The molecule has 5 rings (SSSR count). The molecule has 10 nitrogen and oxygen atoms in total. The predicted molar refractivity (Wildman–Crippen MR) is 151 cm³/mol. The Bertz CT molecular complexity index is 1260. The van der Waals surface area contributed by atoms with E-state index in [1.165, 1.54) is 0 Å². The van der Waals surface area contributed by atoms with Crippen molar-refractivity contribution in [2.24, 2.45) is 11.8 Å². The molecule has 2 fully saturated rings. The molecular weight excluding hydrogens is 526 g/mol. The number of ether oxygens (including phenoxy) is 2. The predicted octanol–water partition coefficient (Wildman–Crippen LogP) is 1.96. The van der Waals surface area contributed by atoms with Crippen LogP contribution in [-0.4, -0.2) is 83.8 Å². The van der Waals surface area contributed by atoms with Gasteiger partial charge in [-0.3, -0.25) is 19.2 Å². The number of hydrogen-bond acceptors (Lipinski definition) is 7. The first kappa shape index (κ1) is 29.0. The van der Waals surface area contributed by atoms with Crippen LogP contribution in [0.5, 0.6) is 0 Å². The Balaban J connectivity index is 1.59. The van der Waals surface area contributed by atoms with E-state index in [-0.39, 0.29) is 50.4 Å². The number of aryl methyl sites for hydroxylation is 2. The zero-order chi connectivity index (χ0) is 29.3. The quantitative estimate of drug-likeness (QED) is 0.318. The summed E-state index contributed by atoms with van der Waals surface area (Å²) in [5, 5.41) is 12.2. The van der Waals surface area contributed by atoms with Gasteiger partial charge in [-0.2, -0.15) is 0 Å². The highest BCUT2D eigenvalue weighted by Crippen LogP contribution is 2.53. The molecule has 0 saturated carbocycles. The number of anilines is 1. The van der Waals surface area contributed by atoms with Gasteiger partial charge in [0.15, 0.2) is 0 Å². The van der Waals surface area contributed by atoms with Crippen molar-refractivity contribution in [3.05, 3.63) is 53.6 Å². The number of nitrogens with zero attached hydrogens (tertiary/aromatic N) is 2. The number of carbonyl (C=O) groups excluding carboxylic acids is 4. The van der Waals surface area contributed by atoms with Crippen molar-refractivity contribution >= 4 is 29.4 Å². The van der Waals surface area contributed by atoms with Crippen LogP contribution in [0.25, 0.3) is 0 Å². The van der Waals surface area contributed by atoms with E-state index in [1.807, 2.05) is 38.1 Å². The highest BCUT2D eigenvalue weighted by Gasteiger charge is 2.71. The number of unbranched alkanes of at least 4 members (excludes halogenated alkanes) is 1. The third-order valence-corrected chi connectivity index (χ3v) is 8.55. The molecule has 2 N–H and O–H groups in total. The van der Waals surface area contributed by atoms with Crippen molar-refractivity contribution in [3.8, 4) is 0 Å². The van der Waals surface area contributed by atoms with Gasteiger partial charge in [0.05, 0.1) is 18.6 Å². The van der Waals surface area contributed by atoms with Gasteiger partial charge < -0.3 is 29.7 Å². The minimum absolute atomic E-state index is 0.0314. The molecule has 0 aliphatic carbocycles. The summed E-state index contributed by atoms with van der Waals surface area (Å²) in [6.45, 7) is 6.26. The molecule has 0 aromatic heterocycles. The van der Waals surface area contributed by atoms with Gasteiger partial charge in [-0.1, -0.05) is 42.5 Å². The fourth-order valence-electron chi connectivity index (χ4n) is 6.73. The number of carbonyl (C=O) groups is 4. The molecule has 10 heteroatoms. The maximum atomic E-state index is 14.6. The summed E-state index contributed by atoms with van der Waals surface area (Å²) in [5.74, 6) is -3.28. The highest BCUT2D eigenvalue weighted by atomic mass is 16.6. The summed E-state index contributed by atoms with van der Waals surface area (Å²) in [6, 6.07) is 4.85. The number of aliphatic hydroxyl groups excluding tert-OH is 1. The topological polar surface area (TPSA) is 125 Å². The maximum absolute atomic E-state index is 14.6. The van der Waals surface area contributed by atoms with E-state index in [0.717, 1.165) is 16.8 Å². The van der Waals surface area contributed by atoms with Gasteiger partial charge in [0.1, 0.15) is 23.7 Å². The van der Waals surface area contributed by atoms with Gasteiger partial charge in [0.2, 0.25) is 11.8 Å². The average molecular weight is 566 g/mol. The number of para-hydroxylation sites is 1. The Morgan fingerprint density at radius 1 is 1.07 bits per heavy atom. The van der Waals surface area contributed by atoms with Gasteiger partial charge >= 0.3 is 5.97 Å². The molecule has 0 bridgehead atoms. The number of esters is 1. The van der Waals surface area contributed by atoms with Crippen LogP contribution < -0.4 is 10.2 Å². The first-order valence-corrected chi connectivity index (χ1v) is 14.5. The van der Waals surface area contributed by atoms with Crippen molar-refractivity contribution in [3.63, 3.8) is 0 Å². The lowest BCUT2D eigenvalue weighted by atomic mass is 9.78. The Labute approximate surface area is 240 Å². The lowest BCUT2D eigenvalue weighted by molar-refractivity contribution is -0.158. The number of rotatable bonds is 5. The lowest BCUT2D eigenvalue weighted by Gasteiger charge is -2.36. The number of nitrogens with one attached hydrogen (secondary N) is 1. The van der Waals surface area contributed by atoms with Crippen LogP contribution in [0.1, 0.15) is 43.7 Å². The molecule has 220 valence electrons. The van der Waals surface area contributed by atoms with E-state index in [2.05, 4.69) is 5.32 Å². The summed E-state index contributed by atoms with van der Waals surface area (Å²) < 4.78 is 12.4. The highest BCUT2D eigenvalue weighted by molar-refractivity contribution is 6.06. The third-order valence-electron chi connectivity index (χ3n) is 8.55. The minimum Gasteiger partial charge on any atom is -0.460 e. The van der Waals surface area contributed by atoms with Crippen LogP contribution in [0, 0.1) is 25.7 Å². The number of hydrogen-bond donors (Lipinski definition) is 2. The molecule has 4 heterocycles. The second kappa shape index (κ2) is 11.8. The molecule has 2 saturated heterocycles. The minimum atomic E-state index is -1.38. The van der Waals surface area contributed by atoms with Crippen LogP contribution in [0.4, 0.5) is 5.69 Å². The second-order valence-corrected chi connectivity index (χ2v) is 11.4. The van der Waals surface area contributed by atoms with Gasteiger partial charge in [-0.25, -0.2) is 0 Å². The van der Waals surface area contributed by atoms with E-state index in [4.69, 9.17) is 9.47 Å². The molecule has 1 spiro atoms. The van der Waals surface area contributed by atoms with Gasteiger partial charge in [0.25, 0.3) is 5.91 Å². The van der Waals surface area contributed by atoms with Crippen molar-refractivity contribution in [1.82, 2.24) is 10.2 Å². The number of allylic oxidation sites excluding steroid dienone is 1. The zero-order valence-corrected chi connectivity index (χ0v) is 23.9. The first-order valence-electron chi connectivity index (χ1n) is 14.5. The Kier molecular flexibility index (Phi) is 8.33. The largest absolute Gasteiger partial charge is 0.460 e. The van der Waals surface area contributed by atoms with E-state index in [9.17, 15) is 24.3 Å². The summed E-state index contributed by atoms with van der Waals surface area (Å²) in [5.41, 5.74) is 1.29. The third kappa shape index (κ3) is 5.19. The number of benzene rings is 1. The second-order valence-electron chi connectivity index (χ2n) is 11.4. The summed E-state index contributed by atoms with van der Waals surface area (Å²) in [6.07, 6.45) is 7.45. The number of aliphatic hydroxyl groups is 1. The Hall–Kier alpha value is -3.50. The van der Waals surface area contributed by atoms with Crippen molar-refractivity contribution in [2.75, 3.05) is 31.1 Å². The molecule has 41 heavy (non-hydrogen) atoms. The lowest BCUT2D eigenvalue weighted by Crippen LogP contribution is -2.55. The van der Waals surface area contributed by atoms with Gasteiger partial charge in [-0.05, 0) is 51.2 Å². The molecule has 6 atom stereocenters. The Morgan fingerprint density at radius 2 is 1.83 bits per heavy atom. The average Bonchev–Trinajstić information content (AvgIpc) is 3.31. The van der Waals surface area contributed by atoms with E-state index >= 15 is 0 Å². The van der Waals surface area contributed by atoms with Crippen LogP contribution in [0.3, 0.4) is 0 Å². The van der Waals surface area contributed by atoms with Crippen LogP contribution in [0.2, 0.25) is 0 Å². The van der Waals surface area contributed by atoms with Gasteiger partial charge in [0, 0.05) is 31.8 Å². The molecule has 0 unspecified atom stereocenters. The molecule has 3 amide bonds.